The molecule has 0 amide bonds. The van der Waals surface area contributed by atoms with E-state index in [0.29, 0.717) is 24.9 Å². The predicted molar refractivity (Wildman–Crippen MR) is 132 cm³/mol. The molecule has 1 N–H and O–H groups in total. The van der Waals surface area contributed by atoms with Crippen molar-refractivity contribution in [2.45, 2.75) is 47.1 Å². The molecule has 1 atom stereocenters. The lowest BCUT2D eigenvalue weighted by Gasteiger charge is -2.33. The van der Waals surface area contributed by atoms with Gasteiger partial charge < -0.3 is 14.4 Å². The van der Waals surface area contributed by atoms with Crippen LogP contribution in [0, 0.1) is 26.2 Å². The Hall–Kier alpha value is -2.82. The molecule has 0 bridgehead atoms. The first-order valence-electron chi connectivity index (χ1n) is 11.3. The molecule has 2 aromatic heterocycles. The zero-order valence-corrected chi connectivity index (χ0v) is 20.8. The minimum absolute atomic E-state index is 0.00691. The van der Waals surface area contributed by atoms with Gasteiger partial charge in [0.2, 0.25) is 0 Å². The zero-order chi connectivity index (χ0) is 24.2. The summed E-state index contributed by atoms with van der Waals surface area (Å²) in [6, 6.07) is 7.37. The van der Waals surface area contributed by atoms with Crippen LogP contribution >= 0.6 is 11.3 Å². The highest BCUT2D eigenvalue weighted by atomic mass is 32.1. The first-order valence-corrected chi connectivity index (χ1v) is 12.1. The minimum atomic E-state index is -0.927. The second-order valence-corrected chi connectivity index (χ2v) is 10.9. The molecule has 10 heteroatoms. The molecule has 0 aliphatic carbocycles. The molecule has 2 aliphatic rings. The number of thiophene rings is 1. The van der Waals surface area contributed by atoms with Gasteiger partial charge in [0.05, 0.1) is 12.1 Å². The van der Waals surface area contributed by atoms with E-state index in [1.165, 1.54) is 4.88 Å². The summed E-state index contributed by atoms with van der Waals surface area (Å²) >= 11 is 1.65. The van der Waals surface area contributed by atoms with E-state index in [2.05, 4.69) is 37.9 Å². The molecule has 0 radical (unpaired) electrons. The van der Waals surface area contributed by atoms with Crippen LogP contribution in [-0.4, -0.2) is 51.9 Å². The monoisotopic (exact) mass is 478 g/mol. The van der Waals surface area contributed by atoms with Crippen molar-refractivity contribution in [3.05, 3.63) is 57.5 Å². The third kappa shape index (κ3) is 3.99. The van der Waals surface area contributed by atoms with Crippen molar-refractivity contribution in [2.24, 2.45) is 10.4 Å². The normalized spacial score (nSPS) is 19.3. The van der Waals surface area contributed by atoms with Crippen LogP contribution in [0.1, 0.15) is 59.5 Å². The first kappa shape index (κ1) is 23.0. The second kappa shape index (κ2) is 8.44. The molecule has 8 nitrogen and oxygen atoms in total. The summed E-state index contributed by atoms with van der Waals surface area (Å²) in [4.78, 5) is 17.8. The molecule has 4 heterocycles. The average Bonchev–Trinajstić information content (AvgIpc) is 3.26. The zero-order valence-electron chi connectivity index (χ0n) is 20.0. The number of fused-ring (bicyclic) bond motifs is 3. The Morgan fingerprint density at radius 1 is 1.18 bits per heavy atom. The van der Waals surface area contributed by atoms with Gasteiger partial charge in [-0.1, -0.05) is 38.1 Å². The Balaban J connectivity index is 1.59. The van der Waals surface area contributed by atoms with E-state index in [4.69, 9.17) is 14.3 Å². The van der Waals surface area contributed by atoms with Gasteiger partial charge in [-0.05, 0) is 31.8 Å². The van der Waals surface area contributed by atoms with Crippen molar-refractivity contribution >= 4 is 35.6 Å². The number of carbonyl (C=O) groups is 1. The maximum atomic E-state index is 11.7. The number of hydrogen-bond acceptors (Lipinski definition) is 7. The van der Waals surface area contributed by atoms with Gasteiger partial charge in [-0.2, -0.15) is 0 Å². The maximum Gasteiger partial charge on any atom is 0.493 e. The van der Waals surface area contributed by atoms with Gasteiger partial charge in [0, 0.05) is 34.6 Å². The fraction of sp³-hybridized carbons (Fsp3) is 0.417. The van der Waals surface area contributed by atoms with Crippen LogP contribution in [-0.2, 0) is 14.1 Å². The van der Waals surface area contributed by atoms with E-state index in [1.807, 2.05) is 35.8 Å². The van der Waals surface area contributed by atoms with Crippen molar-refractivity contribution in [3.63, 3.8) is 0 Å². The number of benzene rings is 1. The first-order chi connectivity index (χ1) is 16.1. The third-order valence-electron chi connectivity index (χ3n) is 6.31. The molecule has 34 heavy (non-hydrogen) atoms. The summed E-state index contributed by atoms with van der Waals surface area (Å²) in [5, 5.41) is 19.1. The van der Waals surface area contributed by atoms with Gasteiger partial charge >= 0.3 is 13.1 Å². The van der Waals surface area contributed by atoms with Crippen LogP contribution in [0.5, 0.6) is 0 Å². The second-order valence-electron chi connectivity index (χ2n) is 9.74. The van der Waals surface area contributed by atoms with E-state index in [-0.39, 0.29) is 11.8 Å². The summed E-state index contributed by atoms with van der Waals surface area (Å²) < 4.78 is 13.8. The number of carboxylic acids is 1. The number of nitrogens with zero attached hydrogens (tertiary/aromatic N) is 4. The fourth-order valence-electron chi connectivity index (χ4n) is 4.37. The summed E-state index contributed by atoms with van der Waals surface area (Å²) in [6.07, 6.45) is -0.160. The molecule has 1 aromatic carbocycles. The summed E-state index contributed by atoms with van der Waals surface area (Å²) in [6.45, 7) is 11.6. The number of rotatable bonds is 4. The Morgan fingerprint density at radius 2 is 1.85 bits per heavy atom. The molecular weight excluding hydrogens is 451 g/mol. The molecule has 3 aromatic rings. The molecular formula is C24H27BN4O4S. The van der Waals surface area contributed by atoms with Crippen LogP contribution in [0.15, 0.2) is 29.3 Å². The molecule has 5 rings (SSSR count). The summed E-state index contributed by atoms with van der Waals surface area (Å²) in [5.41, 5.74) is 4.76. The van der Waals surface area contributed by atoms with Gasteiger partial charge in [-0.15, -0.1) is 21.5 Å². The Morgan fingerprint density at radius 3 is 2.50 bits per heavy atom. The number of aliphatic carboxylic acids is 1. The molecule has 1 saturated heterocycles. The van der Waals surface area contributed by atoms with Crippen LogP contribution < -0.4 is 5.46 Å². The highest BCUT2D eigenvalue weighted by Gasteiger charge is 2.35. The number of aryl methyl sites for hydroxylation is 2. The lowest BCUT2D eigenvalue weighted by molar-refractivity contribution is -0.137. The topological polar surface area (TPSA) is 98.8 Å². The number of hydrogen-bond donors (Lipinski definition) is 1. The molecule has 0 saturated carbocycles. The predicted octanol–water partition coefficient (Wildman–Crippen LogP) is 3.39. The Bertz CT molecular complexity index is 1290. The Labute approximate surface area is 202 Å². The fourth-order valence-corrected chi connectivity index (χ4v) is 5.59. The quantitative estimate of drug-likeness (QED) is 0.578. The van der Waals surface area contributed by atoms with Crippen molar-refractivity contribution in [1.29, 1.82) is 0 Å². The molecule has 1 fully saturated rings. The van der Waals surface area contributed by atoms with Gasteiger partial charge in [0.25, 0.3) is 0 Å². The highest BCUT2D eigenvalue weighted by molar-refractivity contribution is 7.15. The Kier molecular flexibility index (Phi) is 5.70. The maximum absolute atomic E-state index is 11.7. The lowest BCUT2D eigenvalue weighted by atomic mass is 9.75. The van der Waals surface area contributed by atoms with E-state index < -0.39 is 19.1 Å². The van der Waals surface area contributed by atoms with Gasteiger partial charge in [0.15, 0.2) is 5.82 Å². The number of aromatic nitrogens is 3. The highest BCUT2D eigenvalue weighted by Crippen LogP contribution is 2.39. The average molecular weight is 478 g/mol. The largest absolute Gasteiger partial charge is 0.493 e. The minimum Gasteiger partial charge on any atom is -0.481 e. The SMILES string of the molecule is Cc1sc2c(c1C)C(c1ccc(B3OCC(C)(C)CO3)cc1)=N[C@@H](CC(=O)O)c1nnc(C)n1-2. The van der Waals surface area contributed by atoms with Gasteiger partial charge in [-0.3, -0.25) is 14.4 Å². The number of aliphatic imine (C=N–C) groups is 1. The molecule has 0 unspecified atom stereocenters. The van der Waals surface area contributed by atoms with Gasteiger partial charge in [0.1, 0.15) is 16.9 Å². The van der Waals surface area contributed by atoms with E-state index in [9.17, 15) is 9.90 Å². The van der Waals surface area contributed by atoms with Gasteiger partial charge in [-0.25, -0.2) is 0 Å². The third-order valence-corrected chi connectivity index (χ3v) is 7.51. The van der Waals surface area contributed by atoms with Crippen molar-refractivity contribution < 1.29 is 19.2 Å². The van der Waals surface area contributed by atoms with Crippen molar-refractivity contribution in [1.82, 2.24) is 14.8 Å². The van der Waals surface area contributed by atoms with E-state index >= 15 is 0 Å². The molecule has 0 spiro atoms. The van der Waals surface area contributed by atoms with Crippen molar-refractivity contribution in [2.75, 3.05) is 13.2 Å². The van der Waals surface area contributed by atoms with Crippen LogP contribution in [0.3, 0.4) is 0 Å². The van der Waals surface area contributed by atoms with Crippen LogP contribution in [0.2, 0.25) is 0 Å². The summed E-state index contributed by atoms with van der Waals surface area (Å²) in [7, 11) is -0.391. The molecule has 2 aliphatic heterocycles. The summed E-state index contributed by atoms with van der Waals surface area (Å²) in [5.74, 6) is 0.346. The smallest absolute Gasteiger partial charge is 0.481 e. The number of carboxylic acid groups (broad SMARTS) is 1. The van der Waals surface area contributed by atoms with E-state index in [1.54, 1.807) is 11.3 Å². The van der Waals surface area contributed by atoms with Crippen LogP contribution in [0.25, 0.3) is 5.00 Å². The standard InChI is InChI=1S/C24H27BN4O4S/c1-13-14(2)34-23-20(13)21(26-18(10-19(30)31)22-28-27-15(3)29(22)23)16-6-8-17(9-7-16)25-32-11-24(4,5)12-33-25/h6-9,18H,10-12H2,1-5H3,(H,30,31)/t18-/m0/s1. The van der Waals surface area contributed by atoms with Crippen LogP contribution in [0.4, 0.5) is 0 Å². The van der Waals surface area contributed by atoms with Crippen molar-refractivity contribution in [3.8, 4) is 5.00 Å². The molecule has 176 valence electrons. The lowest BCUT2D eigenvalue weighted by Crippen LogP contribution is -2.47. The van der Waals surface area contributed by atoms with E-state index in [0.717, 1.165) is 32.9 Å².